The minimum atomic E-state index is -0.309. The van der Waals surface area contributed by atoms with Crippen LogP contribution in [0.15, 0.2) is 18.5 Å². The largest absolute Gasteiger partial charge is 0.505 e. The number of hydrogen-bond acceptors (Lipinski definition) is 3. The Morgan fingerprint density at radius 2 is 2.31 bits per heavy atom. The zero-order valence-corrected chi connectivity index (χ0v) is 10.9. The van der Waals surface area contributed by atoms with Gasteiger partial charge < -0.3 is 10.4 Å². The van der Waals surface area contributed by atoms with Crippen molar-refractivity contribution in [3.63, 3.8) is 0 Å². The molecule has 0 unspecified atom stereocenters. The molecule has 0 saturated carbocycles. The molecular weight excluding hydrogens is 272 g/mol. The SMILES string of the molecule is CC(C)(CCBr)NC(=O)c1ccncc1O. The van der Waals surface area contributed by atoms with E-state index in [1.54, 1.807) is 0 Å². The summed E-state index contributed by atoms with van der Waals surface area (Å²) in [7, 11) is 0. The number of hydrogen-bond donors (Lipinski definition) is 2. The zero-order valence-electron chi connectivity index (χ0n) is 9.33. The maximum absolute atomic E-state index is 11.8. The first-order valence-electron chi connectivity index (χ1n) is 4.98. The van der Waals surface area contributed by atoms with Crippen LogP contribution in [0.25, 0.3) is 0 Å². The summed E-state index contributed by atoms with van der Waals surface area (Å²) in [5.41, 5.74) is -0.0614. The molecule has 0 fully saturated rings. The Morgan fingerprint density at radius 3 is 2.88 bits per heavy atom. The fourth-order valence-corrected chi connectivity index (χ4v) is 2.24. The van der Waals surface area contributed by atoms with Gasteiger partial charge in [-0.05, 0) is 26.3 Å². The van der Waals surface area contributed by atoms with Crippen molar-refractivity contribution in [3.8, 4) is 5.75 Å². The van der Waals surface area contributed by atoms with E-state index in [2.05, 4.69) is 26.2 Å². The van der Waals surface area contributed by atoms with Crippen molar-refractivity contribution in [2.24, 2.45) is 0 Å². The number of carbonyl (C=O) groups is 1. The molecule has 0 aliphatic carbocycles. The minimum absolute atomic E-state index is 0.102. The van der Waals surface area contributed by atoms with Crippen LogP contribution >= 0.6 is 15.9 Å². The highest BCUT2D eigenvalue weighted by Crippen LogP contribution is 2.16. The van der Waals surface area contributed by atoms with Gasteiger partial charge in [0.15, 0.2) is 0 Å². The van der Waals surface area contributed by atoms with E-state index in [4.69, 9.17) is 0 Å². The molecule has 4 nitrogen and oxygen atoms in total. The quantitative estimate of drug-likeness (QED) is 0.833. The summed E-state index contributed by atoms with van der Waals surface area (Å²) in [5.74, 6) is -0.388. The highest BCUT2D eigenvalue weighted by Gasteiger charge is 2.21. The predicted molar refractivity (Wildman–Crippen MR) is 65.9 cm³/mol. The van der Waals surface area contributed by atoms with Crippen molar-refractivity contribution < 1.29 is 9.90 Å². The Bertz CT molecular complexity index is 380. The Hall–Kier alpha value is -1.10. The van der Waals surface area contributed by atoms with E-state index < -0.39 is 0 Å². The summed E-state index contributed by atoms with van der Waals surface area (Å²) >= 11 is 3.34. The molecule has 1 aromatic rings. The van der Waals surface area contributed by atoms with Crippen LogP contribution in [0.5, 0.6) is 5.75 Å². The summed E-state index contributed by atoms with van der Waals surface area (Å²) in [5, 5.41) is 13.1. The number of nitrogens with zero attached hydrogens (tertiary/aromatic N) is 1. The average Bonchev–Trinajstić information content (AvgIpc) is 2.17. The van der Waals surface area contributed by atoms with Gasteiger partial charge in [-0.2, -0.15) is 0 Å². The molecule has 0 spiro atoms. The molecule has 5 heteroatoms. The topological polar surface area (TPSA) is 62.2 Å². The van der Waals surface area contributed by atoms with Crippen LogP contribution in [0.1, 0.15) is 30.6 Å². The third kappa shape index (κ3) is 3.48. The highest BCUT2D eigenvalue weighted by atomic mass is 79.9. The lowest BCUT2D eigenvalue weighted by Crippen LogP contribution is -2.43. The molecular formula is C11H15BrN2O2. The molecule has 16 heavy (non-hydrogen) atoms. The number of nitrogens with one attached hydrogen (secondary N) is 1. The molecule has 0 bridgehead atoms. The van der Waals surface area contributed by atoms with Crippen molar-refractivity contribution in [2.75, 3.05) is 5.33 Å². The van der Waals surface area contributed by atoms with Crippen molar-refractivity contribution >= 4 is 21.8 Å². The molecule has 1 amide bonds. The molecule has 1 aromatic heterocycles. The number of halogens is 1. The Labute approximate surface area is 103 Å². The van der Waals surface area contributed by atoms with Crippen molar-refractivity contribution in [1.82, 2.24) is 10.3 Å². The first kappa shape index (κ1) is 13.0. The maximum atomic E-state index is 11.8. The molecule has 0 aliphatic rings. The van der Waals surface area contributed by atoms with E-state index in [9.17, 15) is 9.90 Å². The molecule has 2 N–H and O–H groups in total. The fourth-order valence-electron chi connectivity index (χ4n) is 1.25. The molecule has 0 aliphatic heterocycles. The molecule has 0 aromatic carbocycles. The van der Waals surface area contributed by atoms with Crippen molar-refractivity contribution in [3.05, 3.63) is 24.0 Å². The first-order valence-corrected chi connectivity index (χ1v) is 6.10. The fraction of sp³-hybridized carbons (Fsp3) is 0.455. The van der Waals surface area contributed by atoms with Crippen LogP contribution in [0, 0.1) is 0 Å². The lowest BCUT2D eigenvalue weighted by atomic mass is 10.0. The first-order chi connectivity index (χ1) is 7.46. The van der Waals surface area contributed by atoms with Crippen LogP contribution in [-0.4, -0.2) is 26.9 Å². The second-order valence-corrected chi connectivity index (χ2v) is 4.96. The van der Waals surface area contributed by atoms with E-state index in [1.165, 1.54) is 18.5 Å². The van der Waals surface area contributed by atoms with Crippen LogP contribution in [0.2, 0.25) is 0 Å². The van der Waals surface area contributed by atoms with Gasteiger partial charge in [-0.1, -0.05) is 15.9 Å². The van der Waals surface area contributed by atoms with E-state index in [0.29, 0.717) is 0 Å². The predicted octanol–water partition coefficient (Wildman–Crippen LogP) is 2.08. The van der Waals surface area contributed by atoms with E-state index in [-0.39, 0.29) is 22.8 Å². The number of aromatic nitrogens is 1. The minimum Gasteiger partial charge on any atom is -0.505 e. The van der Waals surface area contributed by atoms with Gasteiger partial charge in [0, 0.05) is 17.1 Å². The number of pyridine rings is 1. The van der Waals surface area contributed by atoms with Crippen molar-refractivity contribution in [1.29, 1.82) is 0 Å². The molecule has 88 valence electrons. The maximum Gasteiger partial charge on any atom is 0.255 e. The summed E-state index contributed by atoms with van der Waals surface area (Å²) in [6.07, 6.45) is 3.54. The van der Waals surface area contributed by atoms with Gasteiger partial charge >= 0.3 is 0 Å². The standard InChI is InChI=1S/C11H15BrN2O2/c1-11(2,4-5-12)14-10(16)8-3-6-13-7-9(8)15/h3,6-7,15H,4-5H2,1-2H3,(H,14,16). The van der Waals surface area contributed by atoms with Gasteiger partial charge in [0.2, 0.25) is 0 Å². The summed E-state index contributed by atoms with van der Waals surface area (Å²) < 4.78 is 0. The van der Waals surface area contributed by atoms with Gasteiger partial charge in [-0.3, -0.25) is 9.78 Å². The van der Waals surface area contributed by atoms with E-state index >= 15 is 0 Å². The number of rotatable bonds is 4. The number of amides is 1. The smallest absolute Gasteiger partial charge is 0.255 e. The molecule has 0 radical (unpaired) electrons. The zero-order chi connectivity index (χ0) is 12.2. The van der Waals surface area contributed by atoms with Crippen molar-refractivity contribution in [2.45, 2.75) is 25.8 Å². The third-order valence-corrected chi connectivity index (χ3v) is 2.61. The highest BCUT2D eigenvalue weighted by molar-refractivity contribution is 9.09. The van der Waals surface area contributed by atoms with Crippen LogP contribution in [-0.2, 0) is 0 Å². The number of alkyl halides is 1. The van der Waals surface area contributed by atoms with E-state index in [0.717, 1.165) is 11.8 Å². The second-order valence-electron chi connectivity index (χ2n) is 4.17. The van der Waals surface area contributed by atoms with Gasteiger partial charge in [0.1, 0.15) is 5.75 Å². The Kier molecular flexibility index (Phi) is 4.29. The van der Waals surface area contributed by atoms with Crippen LogP contribution in [0.4, 0.5) is 0 Å². The Balaban J connectivity index is 2.77. The van der Waals surface area contributed by atoms with Crippen LogP contribution < -0.4 is 5.32 Å². The third-order valence-electron chi connectivity index (χ3n) is 2.22. The summed E-state index contributed by atoms with van der Waals surface area (Å²) in [6, 6.07) is 1.49. The van der Waals surface area contributed by atoms with Crippen LogP contribution in [0.3, 0.4) is 0 Å². The van der Waals surface area contributed by atoms with Gasteiger partial charge in [-0.25, -0.2) is 0 Å². The van der Waals surface area contributed by atoms with Gasteiger partial charge in [0.25, 0.3) is 5.91 Å². The number of aromatic hydroxyl groups is 1. The Morgan fingerprint density at radius 1 is 1.62 bits per heavy atom. The lowest BCUT2D eigenvalue weighted by Gasteiger charge is -2.25. The van der Waals surface area contributed by atoms with E-state index in [1.807, 2.05) is 13.8 Å². The molecule has 1 rings (SSSR count). The monoisotopic (exact) mass is 286 g/mol. The van der Waals surface area contributed by atoms with Gasteiger partial charge in [0.05, 0.1) is 11.8 Å². The van der Waals surface area contributed by atoms with Gasteiger partial charge in [-0.15, -0.1) is 0 Å². The lowest BCUT2D eigenvalue weighted by molar-refractivity contribution is 0.0909. The summed E-state index contributed by atoms with van der Waals surface area (Å²) in [4.78, 5) is 15.6. The molecule has 0 saturated heterocycles. The number of carbonyl (C=O) groups excluding carboxylic acids is 1. The summed E-state index contributed by atoms with van der Waals surface area (Å²) in [6.45, 7) is 3.87. The average molecular weight is 287 g/mol. The molecule has 0 atom stereocenters. The normalized spacial score (nSPS) is 11.2. The second kappa shape index (κ2) is 5.30. The molecule has 1 heterocycles.